The van der Waals surface area contributed by atoms with E-state index in [0.717, 1.165) is 21.7 Å². The molecule has 1 unspecified atom stereocenters. The summed E-state index contributed by atoms with van der Waals surface area (Å²) in [5, 5.41) is 12.5. The monoisotopic (exact) mass is 365 g/mol. The molecule has 26 heavy (non-hydrogen) atoms. The molecule has 0 bridgehead atoms. The number of hydrogen-bond donors (Lipinski definition) is 1. The van der Waals surface area contributed by atoms with Crippen LogP contribution in [0.1, 0.15) is 40.2 Å². The molecule has 0 saturated heterocycles. The van der Waals surface area contributed by atoms with Crippen molar-refractivity contribution in [2.75, 3.05) is 0 Å². The first-order valence-corrected chi connectivity index (χ1v) is 8.86. The van der Waals surface area contributed by atoms with Crippen molar-refractivity contribution in [3.05, 3.63) is 65.1 Å². The zero-order valence-electron chi connectivity index (χ0n) is 13.9. The summed E-state index contributed by atoms with van der Waals surface area (Å²) in [4.78, 5) is 23.7. The summed E-state index contributed by atoms with van der Waals surface area (Å²) < 4.78 is 1.61. The fraction of sp³-hybridized carbons (Fsp3) is 0.167. The SMILES string of the molecule is CC(c1ccc2c(c1)SC(=O)C2)c1ccn(-c2ccc(C(N)=O)nn2)n1. The summed E-state index contributed by atoms with van der Waals surface area (Å²) in [6.45, 7) is 2.07. The van der Waals surface area contributed by atoms with Gasteiger partial charge in [-0.25, -0.2) is 4.68 Å². The highest BCUT2D eigenvalue weighted by Crippen LogP contribution is 2.35. The third-order valence-electron chi connectivity index (χ3n) is 4.34. The number of hydrogen-bond acceptors (Lipinski definition) is 6. The molecule has 2 aromatic heterocycles. The lowest BCUT2D eigenvalue weighted by molar-refractivity contribution is -0.110. The Morgan fingerprint density at radius 1 is 1.23 bits per heavy atom. The lowest BCUT2D eigenvalue weighted by Crippen LogP contribution is -2.14. The van der Waals surface area contributed by atoms with Gasteiger partial charge in [0.05, 0.1) is 5.69 Å². The second kappa shape index (κ2) is 6.38. The Hall–Kier alpha value is -3.00. The van der Waals surface area contributed by atoms with Crippen LogP contribution in [0, 0.1) is 0 Å². The standard InChI is InChI=1S/C18H15N5O2S/c1-10(11-2-3-12-9-17(24)26-15(12)8-11)13-6-7-23(22-13)16-5-4-14(18(19)25)20-21-16/h2-8,10H,9H2,1H3,(H2,19,25). The number of benzene rings is 1. The number of primary amides is 1. The first kappa shape index (κ1) is 16.5. The van der Waals surface area contributed by atoms with Gasteiger partial charge >= 0.3 is 0 Å². The van der Waals surface area contributed by atoms with Crippen molar-refractivity contribution in [3.63, 3.8) is 0 Å². The highest BCUT2D eigenvalue weighted by molar-refractivity contribution is 8.14. The summed E-state index contributed by atoms with van der Waals surface area (Å²) >= 11 is 1.30. The predicted octanol–water partition coefficient (Wildman–Crippen LogP) is 2.09. The molecule has 2 N–H and O–H groups in total. The number of fused-ring (bicyclic) bond motifs is 1. The number of carbonyl (C=O) groups excluding carboxylic acids is 2. The van der Waals surface area contributed by atoms with Gasteiger partial charge in [-0.3, -0.25) is 9.59 Å². The van der Waals surface area contributed by atoms with Gasteiger partial charge in [0.15, 0.2) is 16.6 Å². The van der Waals surface area contributed by atoms with E-state index in [2.05, 4.69) is 28.3 Å². The molecular formula is C18H15N5O2S. The predicted molar refractivity (Wildman–Crippen MR) is 96.2 cm³/mol. The Labute approximate surface area is 153 Å². The van der Waals surface area contributed by atoms with Crippen molar-refractivity contribution >= 4 is 22.8 Å². The molecule has 0 saturated carbocycles. The summed E-state index contributed by atoms with van der Waals surface area (Å²) in [6, 6.07) is 11.2. The zero-order chi connectivity index (χ0) is 18.3. The average molecular weight is 365 g/mol. The van der Waals surface area contributed by atoms with E-state index in [1.165, 1.54) is 17.8 Å². The van der Waals surface area contributed by atoms with E-state index in [4.69, 9.17) is 5.73 Å². The molecule has 0 aliphatic carbocycles. The van der Waals surface area contributed by atoms with Gasteiger partial charge in [-0.15, -0.1) is 10.2 Å². The molecule has 3 heterocycles. The van der Waals surface area contributed by atoms with Gasteiger partial charge in [0.25, 0.3) is 5.91 Å². The van der Waals surface area contributed by atoms with Crippen molar-refractivity contribution < 1.29 is 9.59 Å². The van der Waals surface area contributed by atoms with Crippen LogP contribution in [0.3, 0.4) is 0 Å². The van der Waals surface area contributed by atoms with E-state index in [1.54, 1.807) is 16.9 Å². The minimum atomic E-state index is -0.619. The third kappa shape index (κ3) is 2.99. The Bertz CT molecular complexity index is 1010. The molecule has 1 aliphatic rings. The van der Waals surface area contributed by atoms with Crippen molar-refractivity contribution in [3.8, 4) is 5.82 Å². The molecule has 8 heteroatoms. The minimum absolute atomic E-state index is 0.0655. The molecule has 4 rings (SSSR count). The second-order valence-corrected chi connectivity index (χ2v) is 7.17. The van der Waals surface area contributed by atoms with Crippen LogP contribution in [0.25, 0.3) is 5.82 Å². The summed E-state index contributed by atoms with van der Waals surface area (Å²) in [7, 11) is 0. The molecule has 1 amide bonds. The summed E-state index contributed by atoms with van der Waals surface area (Å²) in [6.07, 6.45) is 2.30. The number of aromatic nitrogens is 4. The number of carbonyl (C=O) groups is 2. The van der Waals surface area contributed by atoms with Crippen molar-refractivity contribution in [1.29, 1.82) is 0 Å². The summed E-state index contributed by atoms with van der Waals surface area (Å²) in [5.74, 6) is -0.0500. The zero-order valence-corrected chi connectivity index (χ0v) is 14.7. The van der Waals surface area contributed by atoms with Crippen molar-refractivity contribution in [2.24, 2.45) is 5.73 Å². The lowest BCUT2D eigenvalue weighted by atomic mass is 9.96. The van der Waals surface area contributed by atoms with Gasteiger partial charge in [-0.2, -0.15) is 5.10 Å². The van der Waals surface area contributed by atoms with Crippen LogP contribution in [-0.4, -0.2) is 31.0 Å². The van der Waals surface area contributed by atoms with Crippen LogP contribution >= 0.6 is 11.8 Å². The van der Waals surface area contributed by atoms with Gasteiger partial charge in [-0.1, -0.05) is 30.8 Å². The fourth-order valence-corrected chi connectivity index (χ4v) is 3.78. The van der Waals surface area contributed by atoms with Gasteiger partial charge in [0.1, 0.15) is 0 Å². The molecule has 7 nitrogen and oxygen atoms in total. The fourth-order valence-electron chi connectivity index (χ4n) is 2.84. The molecule has 0 fully saturated rings. The van der Waals surface area contributed by atoms with Crippen LogP contribution in [0.15, 0.2) is 47.5 Å². The first-order chi connectivity index (χ1) is 12.5. The number of thioether (sulfide) groups is 1. The number of rotatable bonds is 4. The third-order valence-corrected chi connectivity index (χ3v) is 5.31. The van der Waals surface area contributed by atoms with Gasteiger partial charge in [-0.05, 0) is 35.4 Å². The van der Waals surface area contributed by atoms with E-state index in [9.17, 15) is 9.59 Å². The van der Waals surface area contributed by atoms with Gasteiger partial charge < -0.3 is 5.73 Å². The van der Waals surface area contributed by atoms with Gasteiger partial charge in [0, 0.05) is 23.4 Å². The van der Waals surface area contributed by atoms with Crippen molar-refractivity contribution in [2.45, 2.75) is 24.2 Å². The van der Waals surface area contributed by atoms with E-state index >= 15 is 0 Å². The second-order valence-electron chi connectivity index (χ2n) is 6.07. The van der Waals surface area contributed by atoms with Crippen LogP contribution in [0.2, 0.25) is 0 Å². The maximum absolute atomic E-state index is 11.6. The Kier molecular flexibility index (Phi) is 4.04. The minimum Gasteiger partial charge on any atom is -0.364 e. The number of nitrogens with two attached hydrogens (primary N) is 1. The largest absolute Gasteiger partial charge is 0.364 e. The van der Waals surface area contributed by atoms with E-state index in [-0.39, 0.29) is 16.7 Å². The Morgan fingerprint density at radius 3 is 2.81 bits per heavy atom. The molecule has 1 aliphatic heterocycles. The van der Waals surface area contributed by atoms with Gasteiger partial charge in [0.2, 0.25) is 0 Å². The number of amides is 1. The van der Waals surface area contributed by atoms with E-state index in [0.29, 0.717) is 12.2 Å². The number of nitrogens with zero attached hydrogens (tertiary/aromatic N) is 4. The molecule has 130 valence electrons. The first-order valence-electron chi connectivity index (χ1n) is 8.04. The molecule has 3 aromatic rings. The average Bonchev–Trinajstić information content (AvgIpc) is 3.26. The molecule has 0 spiro atoms. The van der Waals surface area contributed by atoms with Crippen molar-refractivity contribution in [1.82, 2.24) is 20.0 Å². The molecular weight excluding hydrogens is 350 g/mol. The van der Waals surface area contributed by atoms with Crippen LogP contribution in [0.4, 0.5) is 0 Å². The van der Waals surface area contributed by atoms with Crippen LogP contribution in [0.5, 0.6) is 0 Å². The smallest absolute Gasteiger partial charge is 0.269 e. The highest BCUT2D eigenvalue weighted by Gasteiger charge is 2.21. The quantitative estimate of drug-likeness (QED) is 0.759. The highest BCUT2D eigenvalue weighted by atomic mass is 32.2. The van der Waals surface area contributed by atoms with E-state index in [1.807, 2.05) is 18.2 Å². The molecule has 1 aromatic carbocycles. The molecule has 1 atom stereocenters. The lowest BCUT2D eigenvalue weighted by Gasteiger charge is -2.10. The Balaban J connectivity index is 1.58. The topological polar surface area (TPSA) is 104 Å². The maximum Gasteiger partial charge on any atom is 0.269 e. The normalized spacial score (nSPS) is 14.3. The Morgan fingerprint density at radius 2 is 2.08 bits per heavy atom. The molecule has 0 radical (unpaired) electrons. The van der Waals surface area contributed by atoms with Crippen LogP contribution < -0.4 is 5.73 Å². The maximum atomic E-state index is 11.6. The summed E-state index contributed by atoms with van der Waals surface area (Å²) in [5.41, 5.74) is 8.35. The van der Waals surface area contributed by atoms with E-state index < -0.39 is 5.91 Å². The van der Waals surface area contributed by atoms with Crippen LogP contribution in [-0.2, 0) is 11.2 Å².